The lowest BCUT2D eigenvalue weighted by atomic mass is 9.93. The molecule has 1 unspecified atom stereocenters. The van der Waals surface area contributed by atoms with Crippen LogP contribution in [0, 0.1) is 0 Å². The summed E-state index contributed by atoms with van der Waals surface area (Å²) in [7, 11) is 0. The van der Waals surface area contributed by atoms with Crippen LogP contribution in [0.15, 0.2) is 60.7 Å². The molecule has 0 radical (unpaired) electrons. The first-order chi connectivity index (χ1) is 16.4. The Morgan fingerprint density at radius 3 is 2.24 bits per heavy atom. The van der Waals surface area contributed by atoms with E-state index in [2.05, 4.69) is 32.7 Å². The van der Waals surface area contributed by atoms with Crippen molar-refractivity contribution in [2.75, 3.05) is 32.7 Å². The molecule has 2 aromatic carbocycles. The van der Waals surface area contributed by atoms with Crippen LogP contribution in [0.3, 0.4) is 0 Å². The monoisotopic (exact) mass is 463 g/mol. The van der Waals surface area contributed by atoms with Crippen molar-refractivity contribution in [1.82, 2.24) is 25.6 Å². The summed E-state index contributed by atoms with van der Waals surface area (Å²) in [4.78, 5) is 42.6. The standard InChI is InChI=1S/C26H33N5O3/c1-26(14-13-21-9-4-2-5-10-21)24(33)31(25(34)27-26)28-23(32)20-30-16-8-15-29(17-18-30)19-22-11-6-3-7-12-22/h2-7,9-12H,8,13-20H2,1H3,(H,27,34)(H,28,32). The van der Waals surface area contributed by atoms with Gasteiger partial charge in [0.25, 0.3) is 11.8 Å². The van der Waals surface area contributed by atoms with E-state index in [-0.39, 0.29) is 12.5 Å². The van der Waals surface area contributed by atoms with E-state index in [0.29, 0.717) is 12.8 Å². The minimum absolute atomic E-state index is 0.150. The van der Waals surface area contributed by atoms with E-state index in [1.165, 1.54) is 5.56 Å². The molecule has 0 aliphatic carbocycles. The number of hydrogen-bond donors (Lipinski definition) is 2. The number of amides is 4. The van der Waals surface area contributed by atoms with E-state index in [1.54, 1.807) is 6.92 Å². The summed E-state index contributed by atoms with van der Waals surface area (Å²) < 4.78 is 0. The normalized spacial score (nSPS) is 21.9. The van der Waals surface area contributed by atoms with Gasteiger partial charge in [-0.05, 0) is 50.4 Å². The minimum atomic E-state index is -1.04. The van der Waals surface area contributed by atoms with Crippen molar-refractivity contribution >= 4 is 17.8 Å². The summed E-state index contributed by atoms with van der Waals surface area (Å²) in [6.07, 6.45) is 2.07. The maximum Gasteiger partial charge on any atom is 0.344 e. The third-order valence-electron chi connectivity index (χ3n) is 6.55. The van der Waals surface area contributed by atoms with Crippen LogP contribution >= 0.6 is 0 Å². The Balaban J connectivity index is 1.26. The van der Waals surface area contributed by atoms with Crippen LogP contribution < -0.4 is 10.7 Å². The molecule has 4 amide bonds. The number of aryl methyl sites for hydroxylation is 1. The third-order valence-corrected chi connectivity index (χ3v) is 6.55. The number of nitrogens with one attached hydrogen (secondary N) is 2. The predicted octanol–water partition coefficient (Wildman–Crippen LogP) is 2.17. The van der Waals surface area contributed by atoms with E-state index in [0.717, 1.165) is 49.7 Å². The zero-order chi connectivity index (χ0) is 24.0. The molecule has 0 saturated carbocycles. The Kier molecular flexibility index (Phi) is 7.59. The molecule has 8 nitrogen and oxygen atoms in total. The number of rotatable bonds is 8. The lowest BCUT2D eigenvalue weighted by Gasteiger charge is -2.23. The van der Waals surface area contributed by atoms with Gasteiger partial charge in [0.15, 0.2) is 0 Å². The molecule has 1 atom stereocenters. The Hall–Kier alpha value is -3.23. The third kappa shape index (κ3) is 6.01. The topological polar surface area (TPSA) is 85.0 Å². The number of benzene rings is 2. The van der Waals surface area contributed by atoms with Crippen LogP contribution in [0.1, 0.15) is 30.9 Å². The predicted molar refractivity (Wildman–Crippen MR) is 129 cm³/mol. The molecule has 34 heavy (non-hydrogen) atoms. The van der Waals surface area contributed by atoms with Crippen LogP contribution in [0.2, 0.25) is 0 Å². The van der Waals surface area contributed by atoms with Crippen molar-refractivity contribution < 1.29 is 14.4 Å². The first kappa shape index (κ1) is 23.9. The molecule has 4 rings (SSSR count). The van der Waals surface area contributed by atoms with Gasteiger partial charge in [-0.25, -0.2) is 4.79 Å². The molecule has 0 bridgehead atoms. The van der Waals surface area contributed by atoms with Gasteiger partial charge in [0.1, 0.15) is 5.54 Å². The molecule has 2 aliphatic rings. The average Bonchev–Trinajstić information content (AvgIpc) is 2.97. The second kappa shape index (κ2) is 10.8. The van der Waals surface area contributed by atoms with Crippen LogP contribution in [0.5, 0.6) is 0 Å². The van der Waals surface area contributed by atoms with E-state index < -0.39 is 17.5 Å². The highest BCUT2D eigenvalue weighted by molar-refractivity contribution is 6.07. The first-order valence-corrected chi connectivity index (χ1v) is 11.9. The molecule has 2 aromatic rings. The fourth-order valence-corrected chi connectivity index (χ4v) is 4.54. The molecule has 2 heterocycles. The van der Waals surface area contributed by atoms with Crippen molar-refractivity contribution in [1.29, 1.82) is 0 Å². The zero-order valence-electron chi connectivity index (χ0n) is 19.7. The summed E-state index contributed by atoms with van der Waals surface area (Å²) in [5, 5.41) is 3.59. The molecular weight excluding hydrogens is 430 g/mol. The lowest BCUT2D eigenvalue weighted by molar-refractivity contribution is -0.139. The molecule has 2 fully saturated rings. The summed E-state index contributed by atoms with van der Waals surface area (Å²) in [5.74, 6) is -0.779. The smallest absolute Gasteiger partial charge is 0.322 e. The summed E-state index contributed by atoms with van der Waals surface area (Å²) in [5.41, 5.74) is 3.86. The lowest BCUT2D eigenvalue weighted by Crippen LogP contribution is -2.51. The number of urea groups is 1. The second-order valence-corrected chi connectivity index (χ2v) is 9.31. The Labute approximate surface area is 200 Å². The van der Waals surface area contributed by atoms with Crippen molar-refractivity contribution in [3.05, 3.63) is 71.8 Å². The Bertz CT molecular complexity index is 1000. The van der Waals surface area contributed by atoms with Crippen LogP contribution in [0.4, 0.5) is 4.79 Å². The van der Waals surface area contributed by atoms with Gasteiger partial charge < -0.3 is 5.32 Å². The largest absolute Gasteiger partial charge is 0.344 e. The van der Waals surface area contributed by atoms with Crippen molar-refractivity contribution in [2.45, 2.75) is 38.3 Å². The fraction of sp³-hybridized carbons (Fsp3) is 0.423. The zero-order valence-corrected chi connectivity index (χ0v) is 19.7. The molecule has 0 spiro atoms. The molecular formula is C26H33N5O3. The second-order valence-electron chi connectivity index (χ2n) is 9.31. The number of carbonyl (C=O) groups is 3. The molecule has 8 heteroatoms. The van der Waals surface area contributed by atoms with Gasteiger partial charge in [0.05, 0.1) is 6.54 Å². The van der Waals surface area contributed by atoms with E-state index in [4.69, 9.17) is 0 Å². The quantitative estimate of drug-likeness (QED) is 0.586. The first-order valence-electron chi connectivity index (χ1n) is 11.9. The van der Waals surface area contributed by atoms with Gasteiger partial charge in [0, 0.05) is 19.6 Å². The molecule has 2 aliphatic heterocycles. The highest BCUT2D eigenvalue weighted by atomic mass is 16.2. The van der Waals surface area contributed by atoms with Gasteiger partial charge in [-0.2, -0.15) is 5.01 Å². The highest BCUT2D eigenvalue weighted by Crippen LogP contribution is 2.22. The number of hydrogen-bond acceptors (Lipinski definition) is 5. The minimum Gasteiger partial charge on any atom is -0.322 e. The van der Waals surface area contributed by atoms with E-state index in [9.17, 15) is 14.4 Å². The number of carbonyl (C=O) groups excluding carboxylic acids is 3. The summed E-state index contributed by atoms with van der Waals surface area (Å²) >= 11 is 0. The van der Waals surface area contributed by atoms with Gasteiger partial charge >= 0.3 is 6.03 Å². The summed E-state index contributed by atoms with van der Waals surface area (Å²) in [6.45, 7) is 6.14. The average molecular weight is 464 g/mol. The van der Waals surface area contributed by atoms with Gasteiger partial charge in [-0.1, -0.05) is 60.7 Å². The van der Waals surface area contributed by atoms with Crippen molar-refractivity contribution in [3.63, 3.8) is 0 Å². The van der Waals surface area contributed by atoms with Crippen LogP contribution in [-0.2, 0) is 22.6 Å². The van der Waals surface area contributed by atoms with Crippen LogP contribution in [-0.4, -0.2) is 70.9 Å². The fourth-order valence-electron chi connectivity index (χ4n) is 4.54. The van der Waals surface area contributed by atoms with Gasteiger partial charge in [0.2, 0.25) is 0 Å². The number of imide groups is 1. The summed E-state index contributed by atoms with van der Waals surface area (Å²) in [6, 6.07) is 19.6. The van der Waals surface area contributed by atoms with Crippen molar-refractivity contribution in [3.8, 4) is 0 Å². The maximum atomic E-state index is 13.0. The Morgan fingerprint density at radius 1 is 0.912 bits per heavy atom. The van der Waals surface area contributed by atoms with E-state index in [1.807, 2.05) is 48.5 Å². The highest BCUT2D eigenvalue weighted by Gasteiger charge is 2.48. The Morgan fingerprint density at radius 2 is 1.53 bits per heavy atom. The SMILES string of the molecule is CC1(CCc2ccccc2)NC(=O)N(NC(=O)CN2CCCN(Cc3ccccc3)CC2)C1=O. The van der Waals surface area contributed by atoms with Crippen LogP contribution in [0.25, 0.3) is 0 Å². The van der Waals surface area contributed by atoms with Gasteiger partial charge in [-0.15, -0.1) is 0 Å². The molecule has 2 N–H and O–H groups in total. The molecule has 180 valence electrons. The number of nitrogens with zero attached hydrogens (tertiary/aromatic N) is 3. The maximum absolute atomic E-state index is 13.0. The molecule has 2 saturated heterocycles. The molecule has 0 aromatic heterocycles. The van der Waals surface area contributed by atoms with E-state index >= 15 is 0 Å². The van der Waals surface area contributed by atoms with Gasteiger partial charge in [-0.3, -0.25) is 24.8 Å². The number of hydrazine groups is 1. The van der Waals surface area contributed by atoms with Crippen molar-refractivity contribution in [2.24, 2.45) is 0 Å².